The summed E-state index contributed by atoms with van der Waals surface area (Å²) in [5.41, 5.74) is 5.91. The summed E-state index contributed by atoms with van der Waals surface area (Å²) in [5, 5.41) is 13.8. The van der Waals surface area contributed by atoms with Crippen LogP contribution in [0, 0.1) is 5.92 Å². The van der Waals surface area contributed by atoms with E-state index in [1.165, 1.54) is 30.4 Å². The first-order valence-corrected chi connectivity index (χ1v) is 10.5. The van der Waals surface area contributed by atoms with Crippen LogP contribution in [0.5, 0.6) is 0 Å². The van der Waals surface area contributed by atoms with Gasteiger partial charge in [-0.2, -0.15) is 0 Å². The van der Waals surface area contributed by atoms with Crippen LogP contribution >= 0.6 is 0 Å². The predicted molar refractivity (Wildman–Crippen MR) is 114 cm³/mol. The first kappa shape index (κ1) is 19.2. The van der Waals surface area contributed by atoms with E-state index in [0.29, 0.717) is 13.1 Å². The molecule has 28 heavy (non-hydrogen) atoms. The van der Waals surface area contributed by atoms with Crippen molar-refractivity contribution in [3.63, 3.8) is 0 Å². The monoisotopic (exact) mass is 377 g/mol. The molecule has 2 heterocycles. The molecule has 0 bridgehead atoms. The van der Waals surface area contributed by atoms with E-state index in [-0.39, 0.29) is 0 Å². The minimum Gasteiger partial charge on any atom is -0.390 e. The van der Waals surface area contributed by atoms with E-state index in [9.17, 15) is 5.11 Å². The molecule has 1 atom stereocenters. The summed E-state index contributed by atoms with van der Waals surface area (Å²) in [6.45, 7) is 7.28. The molecule has 1 aromatic carbocycles. The second-order valence-corrected chi connectivity index (χ2v) is 8.30. The fraction of sp³-hybridized carbons (Fsp3) is 0.458. The highest BCUT2D eigenvalue weighted by Gasteiger charge is 2.19. The molecule has 0 saturated heterocycles. The molecule has 2 N–H and O–H groups in total. The van der Waals surface area contributed by atoms with Crippen LogP contribution in [0.3, 0.4) is 0 Å². The molecule has 4 nitrogen and oxygen atoms in total. The Bertz CT molecular complexity index is 815. The van der Waals surface area contributed by atoms with E-state index >= 15 is 0 Å². The Labute approximate surface area is 168 Å². The van der Waals surface area contributed by atoms with Crippen molar-refractivity contribution in [2.24, 2.45) is 5.92 Å². The molecule has 2 aliphatic rings. The number of hydrogen-bond donors (Lipinski definition) is 2. The van der Waals surface area contributed by atoms with Gasteiger partial charge in [0.25, 0.3) is 0 Å². The highest BCUT2D eigenvalue weighted by atomic mass is 16.3. The maximum Gasteiger partial charge on any atom is 0.0839 e. The minimum absolute atomic E-state index is 0.418. The lowest BCUT2D eigenvalue weighted by atomic mass is 9.82. The standard InChI is InChI=1S/C24H31N3O/c1-18(21-9-11-25-23(14-21)13-19-5-4-6-19)26-15-24(28)17-27-12-10-20-7-2-3-8-22(20)16-27/h2-3,7-9,11,14,19,24,26,28H,1,4-6,10,12-13,15-17H2. The lowest BCUT2D eigenvalue weighted by Crippen LogP contribution is -2.40. The quantitative estimate of drug-likeness (QED) is 0.740. The third kappa shape index (κ3) is 4.81. The Morgan fingerprint density at radius 2 is 2.07 bits per heavy atom. The predicted octanol–water partition coefficient (Wildman–Crippen LogP) is 3.40. The number of nitrogens with one attached hydrogen (secondary N) is 1. The number of hydrogen-bond acceptors (Lipinski definition) is 4. The zero-order valence-corrected chi connectivity index (χ0v) is 16.6. The molecule has 4 rings (SSSR count). The van der Waals surface area contributed by atoms with Crippen molar-refractivity contribution in [2.75, 3.05) is 19.6 Å². The van der Waals surface area contributed by atoms with E-state index < -0.39 is 6.10 Å². The smallest absolute Gasteiger partial charge is 0.0839 e. The summed E-state index contributed by atoms with van der Waals surface area (Å²) in [7, 11) is 0. The summed E-state index contributed by atoms with van der Waals surface area (Å²) in [6, 6.07) is 12.7. The topological polar surface area (TPSA) is 48.4 Å². The SMILES string of the molecule is C=C(NCC(O)CN1CCc2ccccc2C1)c1ccnc(CC2CCC2)c1. The normalized spacial score (nSPS) is 18.2. The van der Waals surface area contributed by atoms with E-state index in [2.05, 4.69) is 52.1 Å². The van der Waals surface area contributed by atoms with Crippen molar-refractivity contribution in [2.45, 2.75) is 44.8 Å². The Kier molecular flexibility index (Phi) is 6.08. The average Bonchev–Trinajstić information content (AvgIpc) is 2.69. The Morgan fingerprint density at radius 3 is 2.86 bits per heavy atom. The molecule has 1 aromatic heterocycles. The molecule has 1 saturated carbocycles. The first-order valence-electron chi connectivity index (χ1n) is 10.5. The summed E-state index contributed by atoms with van der Waals surface area (Å²) in [5.74, 6) is 0.806. The summed E-state index contributed by atoms with van der Waals surface area (Å²) >= 11 is 0. The number of β-amino-alcohol motifs (C(OH)–C–C–N with tert-alkyl or cyclic N) is 1. The molecule has 0 amide bonds. The Hall–Kier alpha value is -2.17. The van der Waals surface area contributed by atoms with E-state index in [4.69, 9.17) is 0 Å². The van der Waals surface area contributed by atoms with Crippen molar-refractivity contribution in [3.05, 3.63) is 71.6 Å². The van der Waals surface area contributed by atoms with Gasteiger partial charge < -0.3 is 10.4 Å². The Morgan fingerprint density at radius 1 is 1.25 bits per heavy atom. The van der Waals surface area contributed by atoms with Gasteiger partial charge >= 0.3 is 0 Å². The number of aromatic nitrogens is 1. The van der Waals surface area contributed by atoms with E-state index in [1.54, 1.807) is 0 Å². The zero-order valence-electron chi connectivity index (χ0n) is 16.6. The third-order valence-electron chi connectivity index (χ3n) is 6.12. The molecule has 4 heteroatoms. The number of aliphatic hydroxyl groups excluding tert-OH is 1. The largest absolute Gasteiger partial charge is 0.390 e. The van der Waals surface area contributed by atoms with Crippen LogP contribution in [0.2, 0.25) is 0 Å². The van der Waals surface area contributed by atoms with Crippen LogP contribution in [-0.2, 0) is 19.4 Å². The third-order valence-corrected chi connectivity index (χ3v) is 6.12. The molecular formula is C24H31N3O. The van der Waals surface area contributed by atoms with Gasteiger partial charge in [-0.1, -0.05) is 50.1 Å². The maximum absolute atomic E-state index is 10.5. The molecule has 1 aliphatic heterocycles. The van der Waals surface area contributed by atoms with Crippen molar-refractivity contribution < 1.29 is 5.11 Å². The number of aliphatic hydroxyl groups is 1. The van der Waals surface area contributed by atoms with Crippen molar-refractivity contribution >= 4 is 5.70 Å². The lowest BCUT2D eigenvalue weighted by Gasteiger charge is -2.30. The summed E-state index contributed by atoms with van der Waals surface area (Å²) in [4.78, 5) is 6.84. The highest BCUT2D eigenvalue weighted by Crippen LogP contribution is 2.29. The molecule has 148 valence electrons. The molecule has 1 fully saturated rings. The number of fused-ring (bicyclic) bond motifs is 1. The molecule has 1 aliphatic carbocycles. The van der Waals surface area contributed by atoms with Crippen molar-refractivity contribution in [3.8, 4) is 0 Å². The van der Waals surface area contributed by atoms with Gasteiger partial charge in [-0.3, -0.25) is 9.88 Å². The lowest BCUT2D eigenvalue weighted by molar-refractivity contribution is 0.107. The molecule has 0 spiro atoms. The first-order chi connectivity index (χ1) is 13.7. The van der Waals surface area contributed by atoms with Gasteiger partial charge in [-0.15, -0.1) is 0 Å². The number of nitrogens with zero attached hydrogens (tertiary/aromatic N) is 2. The van der Waals surface area contributed by atoms with Gasteiger partial charge in [-0.25, -0.2) is 0 Å². The Balaban J connectivity index is 1.25. The molecule has 0 radical (unpaired) electrons. The minimum atomic E-state index is -0.418. The highest BCUT2D eigenvalue weighted by molar-refractivity contribution is 5.61. The van der Waals surface area contributed by atoms with Crippen LogP contribution in [0.4, 0.5) is 0 Å². The fourth-order valence-corrected chi connectivity index (χ4v) is 4.19. The second kappa shape index (κ2) is 8.89. The van der Waals surface area contributed by atoms with Gasteiger partial charge in [0.1, 0.15) is 0 Å². The fourth-order valence-electron chi connectivity index (χ4n) is 4.19. The van der Waals surface area contributed by atoms with E-state index in [1.807, 2.05) is 12.3 Å². The summed E-state index contributed by atoms with van der Waals surface area (Å²) < 4.78 is 0. The van der Waals surface area contributed by atoms with Gasteiger partial charge in [0.2, 0.25) is 0 Å². The van der Waals surface area contributed by atoms with Gasteiger partial charge in [-0.05, 0) is 42.0 Å². The van der Waals surface area contributed by atoms with E-state index in [0.717, 1.165) is 48.8 Å². The van der Waals surface area contributed by atoms with Crippen LogP contribution in [0.25, 0.3) is 5.70 Å². The summed E-state index contributed by atoms with van der Waals surface area (Å²) in [6.07, 6.45) is 7.61. The van der Waals surface area contributed by atoms with Gasteiger partial charge in [0, 0.05) is 49.3 Å². The molecule has 1 unspecified atom stereocenters. The van der Waals surface area contributed by atoms with Gasteiger partial charge in [0.15, 0.2) is 0 Å². The molecule has 2 aromatic rings. The number of benzene rings is 1. The second-order valence-electron chi connectivity index (χ2n) is 8.30. The van der Waals surface area contributed by atoms with Gasteiger partial charge in [0.05, 0.1) is 6.10 Å². The number of rotatable bonds is 8. The van der Waals surface area contributed by atoms with Crippen LogP contribution in [0.15, 0.2) is 49.2 Å². The van der Waals surface area contributed by atoms with Crippen LogP contribution in [0.1, 0.15) is 41.6 Å². The van der Waals surface area contributed by atoms with Crippen LogP contribution < -0.4 is 5.32 Å². The van der Waals surface area contributed by atoms with Crippen LogP contribution in [-0.4, -0.2) is 40.7 Å². The van der Waals surface area contributed by atoms with Crippen molar-refractivity contribution in [1.82, 2.24) is 15.2 Å². The maximum atomic E-state index is 10.5. The van der Waals surface area contributed by atoms with Crippen molar-refractivity contribution in [1.29, 1.82) is 0 Å². The zero-order chi connectivity index (χ0) is 19.3. The average molecular weight is 378 g/mol. The molecular weight excluding hydrogens is 346 g/mol. The number of pyridine rings is 1.